The average molecular weight is 293 g/mol. The molecule has 2 aliphatic rings. The number of piperazine rings is 1. The molecule has 3 heterocycles. The van der Waals surface area contributed by atoms with E-state index in [0.29, 0.717) is 6.04 Å². The van der Waals surface area contributed by atoms with Crippen LogP contribution in [0, 0.1) is 0 Å². The van der Waals surface area contributed by atoms with E-state index in [1.54, 1.807) is 13.4 Å². The van der Waals surface area contributed by atoms with Crippen LogP contribution in [-0.4, -0.2) is 76.5 Å². The molecule has 1 aromatic heterocycles. The third-order valence-corrected chi connectivity index (χ3v) is 4.89. The Morgan fingerprint density at radius 1 is 1.38 bits per heavy atom. The van der Waals surface area contributed by atoms with Crippen LogP contribution in [0.4, 0.5) is 0 Å². The monoisotopic (exact) mass is 293 g/mol. The van der Waals surface area contributed by atoms with E-state index in [1.165, 1.54) is 6.42 Å². The van der Waals surface area contributed by atoms with Crippen LogP contribution in [0.5, 0.6) is 0 Å². The molecule has 2 aliphatic heterocycles. The van der Waals surface area contributed by atoms with Crippen LogP contribution in [0.15, 0.2) is 6.33 Å². The number of nitrogens with zero attached hydrogens (tertiary/aromatic N) is 5. The Morgan fingerprint density at radius 2 is 2.24 bits per heavy atom. The van der Waals surface area contributed by atoms with Gasteiger partial charge in [-0.15, -0.1) is 0 Å². The number of aryl methyl sites for hydroxylation is 1. The fourth-order valence-electron chi connectivity index (χ4n) is 3.64. The number of fused-ring (bicyclic) bond motifs is 1. The van der Waals surface area contributed by atoms with Crippen molar-refractivity contribution >= 4 is 0 Å². The lowest BCUT2D eigenvalue weighted by Gasteiger charge is -2.48. The molecule has 21 heavy (non-hydrogen) atoms. The summed E-state index contributed by atoms with van der Waals surface area (Å²) in [6.45, 7) is 11.0. The topological polar surface area (TPSA) is 46.4 Å². The molecule has 6 nitrogen and oxygen atoms in total. The Labute approximate surface area is 127 Å². The highest BCUT2D eigenvalue weighted by atomic mass is 16.5. The minimum absolute atomic E-state index is 0.204. The molecule has 0 radical (unpaired) electrons. The highest BCUT2D eigenvalue weighted by Gasteiger charge is 2.36. The standard InChI is InChI=1S/C15H27N5O/c1-15(2)11-18(8-9-21-3)6-7-19(15)10-13-4-5-14-16-12-17-20(13)14/h12-13H,4-11H2,1-3H3. The number of ether oxygens (including phenoxy) is 1. The minimum Gasteiger partial charge on any atom is -0.383 e. The van der Waals surface area contributed by atoms with Crippen molar-refractivity contribution in [3.63, 3.8) is 0 Å². The average Bonchev–Trinajstić information content (AvgIpc) is 3.03. The van der Waals surface area contributed by atoms with Crippen LogP contribution in [0.2, 0.25) is 0 Å². The molecule has 118 valence electrons. The Kier molecular flexibility index (Phi) is 4.28. The first-order chi connectivity index (χ1) is 10.1. The Hall–Kier alpha value is -0.980. The molecule has 1 saturated heterocycles. The van der Waals surface area contributed by atoms with Crippen LogP contribution >= 0.6 is 0 Å². The smallest absolute Gasteiger partial charge is 0.138 e. The maximum absolute atomic E-state index is 5.20. The molecule has 0 N–H and O–H groups in total. The van der Waals surface area contributed by atoms with Gasteiger partial charge in [0.1, 0.15) is 12.2 Å². The van der Waals surface area contributed by atoms with Crippen LogP contribution in [-0.2, 0) is 11.2 Å². The molecular formula is C15H27N5O. The van der Waals surface area contributed by atoms with Gasteiger partial charge in [-0.05, 0) is 20.3 Å². The van der Waals surface area contributed by atoms with E-state index in [9.17, 15) is 0 Å². The second-order valence-electron chi connectivity index (χ2n) is 6.84. The van der Waals surface area contributed by atoms with E-state index >= 15 is 0 Å². The molecular weight excluding hydrogens is 266 g/mol. The number of hydrogen-bond acceptors (Lipinski definition) is 5. The highest BCUT2D eigenvalue weighted by molar-refractivity contribution is 4.98. The van der Waals surface area contributed by atoms with Crippen molar-refractivity contribution in [1.82, 2.24) is 24.6 Å². The van der Waals surface area contributed by atoms with Gasteiger partial charge in [-0.3, -0.25) is 9.80 Å². The van der Waals surface area contributed by atoms with E-state index in [1.807, 2.05) is 0 Å². The quantitative estimate of drug-likeness (QED) is 0.804. The number of methoxy groups -OCH3 is 1. The largest absolute Gasteiger partial charge is 0.383 e. The Bertz CT molecular complexity index is 472. The van der Waals surface area contributed by atoms with E-state index in [0.717, 1.165) is 51.6 Å². The van der Waals surface area contributed by atoms with Crippen LogP contribution < -0.4 is 0 Å². The highest BCUT2D eigenvalue weighted by Crippen LogP contribution is 2.28. The summed E-state index contributed by atoms with van der Waals surface area (Å²) in [6.07, 6.45) is 3.93. The molecule has 0 aliphatic carbocycles. The van der Waals surface area contributed by atoms with Crippen molar-refractivity contribution in [2.24, 2.45) is 0 Å². The van der Waals surface area contributed by atoms with Gasteiger partial charge in [0, 0.05) is 51.8 Å². The Balaban J connectivity index is 1.59. The fraction of sp³-hybridized carbons (Fsp3) is 0.867. The molecule has 0 bridgehead atoms. The van der Waals surface area contributed by atoms with Gasteiger partial charge in [0.15, 0.2) is 0 Å². The van der Waals surface area contributed by atoms with E-state index in [-0.39, 0.29) is 5.54 Å². The van der Waals surface area contributed by atoms with Crippen LogP contribution in [0.25, 0.3) is 0 Å². The first kappa shape index (κ1) is 14.9. The number of aromatic nitrogens is 3. The summed E-state index contributed by atoms with van der Waals surface area (Å²) in [4.78, 5) is 9.47. The van der Waals surface area contributed by atoms with Gasteiger partial charge < -0.3 is 4.74 Å². The lowest BCUT2D eigenvalue weighted by Crippen LogP contribution is -2.60. The SMILES string of the molecule is COCCN1CCN(CC2CCc3ncnn32)C(C)(C)C1. The predicted octanol–water partition coefficient (Wildman–Crippen LogP) is 0.808. The zero-order chi connectivity index (χ0) is 14.9. The van der Waals surface area contributed by atoms with Crippen molar-refractivity contribution in [2.45, 2.75) is 38.3 Å². The molecule has 1 atom stereocenters. The zero-order valence-electron chi connectivity index (χ0n) is 13.5. The lowest BCUT2D eigenvalue weighted by molar-refractivity contribution is 0.00164. The summed E-state index contributed by atoms with van der Waals surface area (Å²) in [5.41, 5.74) is 0.204. The van der Waals surface area contributed by atoms with Gasteiger partial charge in [0.25, 0.3) is 0 Å². The Morgan fingerprint density at radius 3 is 3.00 bits per heavy atom. The summed E-state index contributed by atoms with van der Waals surface area (Å²) in [7, 11) is 1.77. The van der Waals surface area contributed by atoms with Crippen molar-refractivity contribution in [1.29, 1.82) is 0 Å². The molecule has 1 fully saturated rings. The van der Waals surface area contributed by atoms with Crippen molar-refractivity contribution in [3.8, 4) is 0 Å². The summed E-state index contributed by atoms with van der Waals surface area (Å²) in [5.74, 6) is 1.15. The maximum atomic E-state index is 5.20. The normalized spacial score (nSPS) is 26.1. The summed E-state index contributed by atoms with van der Waals surface area (Å²) >= 11 is 0. The summed E-state index contributed by atoms with van der Waals surface area (Å²) in [5, 5.41) is 4.40. The van der Waals surface area contributed by atoms with Crippen LogP contribution in [0.3, 0.4) is 0 Å². The molecule has 1 unspecified atom stereocenters. The lowest BCUT2D eigenvalue weighted by atomic mass is 9.97. The molecule has 0 spiro atoms. The minimum atomic E-state index is 0.204. The van der Waals surface area contributed by atoms with E-state index in [2.05, 4.69) is 38.4 Å². The van der Waals surface area contributed by atoms with Gasteiger partial charge in [-0.25, -0.2) is 9.67 Å². The molecule has 0 amide bonds. The summed E-state index contributed by atoms with van der Waals surface area (Å²) < 4.78 is 7.34. The number of rotatable bonds is 5. The van der Waals surface area contributed by atoms with Crippen LogP contribution in [0.1, 0.15) is 32.1 Å². The molecule has 0 saturated carbocycles. The van der Waals surface area contributed by atoms with Gasteiger partial charge in [-0.1, -0.05) is 0 Å². The third kappa shape index (κ3) is 3.12. The zero-order valence-corrected chi connectivity index (χ0v) is 13.5. The summed E-state index contributed by atoms with van der Waals surface area (Å²) in [6, 6.07) is 0.493. The molecule has 6 heteroatoms. The first-order valence-electron chi connectivity index (χ1n) is 7.95. The second kappa shape index (κ2) is 6.02. The predicted molar refractivity (Wildman–Crippen MR) is 81.3 cm³/mol. The van der Waals surface area contributed by atoms with Gasteiger partial charge in [0.2, 0.25) is 0 Å². The van der Waals surface area contributed by atoms with E-state index < -0.39 is 0 Å². The maximum Gasteiger partial charge on any atom is 0.138 e. The second-order valence-corrected chi connectivity index (χ2v) is 6.84. The van der Waals surface area contributed by atoms with Gasteiger partial charge in [0.05, 0.1) is 12.6 Å². The van der Waals surface area contributed by atoms with Gasteiger partial charge in [-0.2, -0.15) is 5.10 Å². The van der Waals surface area contributed by atoms with Crippen molar-refractivity contribution < 1.29 is 4.74 Å². The van der Waals surface area contributed by atoms with Crippen molar-refractivity contribution in [2.75, 3.05) is 46.4 Å². The van der Waals surface area contributed by atoms with E-state index in [4.69, 9.17) is 4.74 Å². The first-order valence-corrected chi connectivity index (χ1v) is 7.95. The van der Waals surface area contributed by atoms with Gasteiger partial charge >= 0.3 is 0 Å². The molecule has 0 aromatic carbocycles. The molecule has 1 aromatic rings. The number of hydrogen-bond donors (Lipinski definition) is 0. The third-order valence-electron chi connectivity index (χ3n) is 4.89. The van der Waals surface area contributed by atoms with Crippen molar-refractivity contribution in [3.05, 3.63) is 12.2 Å². The molecule has 3 rings (SSSR count). The fourth-order valence-corrected chi connectivity index (χ4v) is 3.64.